The molecule has 142 valence electrons. The maximum absolute atomic E-state index is 11.9. The van der Waals surface area contributed by atoms with Gasteiger partial charge >= 0.3 is 0 Å². The first-order valence-corrected chi connectivity index (χ1v) is 9.59. The highest BCUT2D eigenvalue weighted by Crippen LogP contribution is 2.40. The fraction of sp³-hybridized carbons (Fsp3) is 0.208. The SMILES string of the molecule is NN1C(=O)CC[C@H]1COC(c1ccccc1)(c1ccccc1)c1ccccc1. The zero-order valence-corrected chi connectivity index (χ0v) is 15.7. The average Bonchev–Trinajstić information content (AvgIpc) is 3.09. The Labute approximate surface area is 165 Å². The lowest BCUT2D eigenvalue weighted by molar-refractivity contribution is -0.130. The molecule has 1 atom stereocenters. The first-order valence-electron chi connectivity index (χ1n) is 9.59. The Bertz CT molecular complexity index is 816. The second-order valence-electron chi connectivity index (χ2n) is 7.08. The molecule has 4 nitrogen and oxygen atoms in total. The van der Waals surface area contributed by atoms with Gasteiger partial charge in [0, 0.05) is 6.42 Å². The van der Waals surface area contributed by atoms with Gasteiger partial charge in [-0.3, -0.25) is 9.80 Å². The van der Waals surface area contributed by atoms with Gasteiger partial charge in [-0.25, -0.2) is 5.84 Å². The Morgan fingerprint density at radius 2 is 1.25 bits per heavy atom. The second-order valence-corrected chi connectivity index (χ2v) is 7.08. The standard InChI is InChI=1S/C24H24N2O2/c25-26-22(16-17-23(26)27)18-28-24(19-10-4-1-5-11-19,20-12-6-2-7-13-20)21-14-8-3-9-15-21/h1-15,22H,16-18,25H2/t22-/m0/s1. The summed E-state index contributed by atoms with van der Waals surface area (Å²) in [5, 5.41) is 1.33. The lowest BCUT2D eigenvalue weighted by Crippen LogP contribution is -2.44. The van der Waals surface area contributed by atoms with E-state index in [4.69, 9.17) is 10.6 Å². The minimum atomic E-state index is -0.781. The zero-order chi connectivity index (χ0) is 19.4. The van der Waals surface area contributed by atoms with E-state index >= 15 is 0 Å². The molecule has 28 heavy (non-hydrogen) atoms. The molecule has 0 aliphatic carbocycles. The first-order chi connectivity index (χ1) is 13.7. The summed E-state index contributed by atoms with van der Waals surface area (Å²) in [7, 11) is 0. The number of nitrogens with zero attached hydrogens (tertiary/aromatic N) is 1. The number of hydrazine groups is 1. The van der Waals surface area contributed by atoms with Crippen molar-refractivity contribution in [3.05, 3.63) is 108 Å². The molecular weight excluding hydrogens is 348 g/mol. The van der Waals surface area contributed by atoms with Gasteiger partial charge in [0.05, 0.1) is 12.6 Å². The molecule has 0 aromatic heterocycles. The van der Waals surface area contributed by atoms with E-state index < -0.39 is 5.60 Å². The number of benzene rings is 3. The van der Waals surface area contributed by atoms with E-state index in [1.165, 1.54) is 5.01 Å². The summed E-state index contributed by atoms with van der Waals surface area (Å²) in [6, 6.07) is 30.5. The Morgan fingerprint density at radius 3 is 1.61 bits per heavy atom. The van der Waals surface area contributed by atoms with Crippen molar-refractivity contribution in [3.63, 3.8) is 0 Å². The molecule has 1 aliphatic heterocycles. The van der Waals surface area contributed by atoms with Crippen LogP contribution in [0, 0.1) is 0 Å². The minimum Gasteiger partial charge on any atom is -0.359 e. The molecule has 3 aromatic rings. The summed E-state index contributed by atoms with van der Waals surface area (Å²) in [4.78, 5) is 11.9. The van der Waals surface area contributed by atoms with Crippen molar-refractivity contribution < 1.29 is 9.53 Å². The molecule has 1 saturated heterocycles. The Hall–Kier alpha value is -2.95. The number of nitrogens with two attached hydrogens (primary N) is 1. The Balaban J connectivity index is 1.82. The Morgan fingerprint density at radius 1 is 0.821 bits per heavy atom. The lowest BCUT2D eigenvalue weighted by Gasteiger charge is -2.37. The van der Waals surface area contributed by atoms with Gasteiger partial charge in [-0.2, -0.15) is 0 Å². The van der Waals surface area contributed by atoms with Crippen LogP contribution in [0.3, 0.4) is 0 Å². The van der Waals surface area contributed by atoms with Crippen LogP contribution in [0.2, 0.25) is 0 Å². The third-order valence-corrected chi connectivity index (χ3v) is 5.41. The molecule has 1 fully saturated rings. The van der Waals surface area contributed by atoms with E-state index in [-0.39, 0.29) is 11.9 Å². The highest BCUT2D eigenvalue weighted by atomic mass is 16.5. The number of hydrogen-bond donors (Lipinski definition) is 1. The van der Waals surface area contributed by atoms with E-state index in [1.54, 1.807) is 0 Å². The number of carbonyl (C=O) groups excluding carboxylic acids is 1. The van der Waals surface area contributed by atoms with Crippen molar-refractivity contribution in [1.29, 1.82) is 0 Å². The molecular formula is C24H24N2O2. The summed E-state index contributed by atoms with van der Waals surface area (Å²) in [5.74, 6) is 5.94. The number of ether oxygens (including phenoxy) is 1. The van der Waals surface area contributed by atoms with Crippen LogP contribution in [0.15, 0.2) is 91.0 Å². The van der Waals surface area contributed by atoms with Crippen molar-refractivity contribution >= 4 is 5.91 Å². The number of rotatable bonds is 6. The molecule has 0 saturated carbocycles. The number of hydrogen-bond acceptors (Lipinski definition) is 3. The molecule has 0 bridgehead atoms. The summed E-state index contributed by atoms with van der Waals surface area (Å²) >= 11 is 0. The molecule has 3 aromatic carbocycles. The predicted molar refractivity (Wildman–Crippen MR) is 109 cm³/mol. The second kappa shape index (κ2) is 7.97. The highest BCUT2D eigenvalue weighted by molar-refractivity contribution is 5.78. The fourth-order valence-electron chi connectivity index (χ4n) is 3.92. The van der Waals surface area contributed by atoms with Crippen molar-refractivity contribution in [3.8, 4) is 0 Å². The number of carbonyl (C=O) groups is 1. The Kier molecular flexibility index (Phi) is 5.24. The van der Waals surface area contributed by atoms with Crippen LogP contribution in [0.1, 0.15) is 29.5 Å². The van der Waals surface area contributed by atoms with Gasteiger partial charge in [0.2, 0.25) is 5.91 Å². The molecule has 0 radical (unpaired) electrons. The largest absolute Gasteiger partial charge is 0.359 e. The van der Waals surface area contributed by atoms with Crippen LogP contribution < -0.4 is 5.84 Å². The molecule has 1 amide bonds. The third kappa shape index (κ3) is 3.33. The normalized spacial score (nSPS) is 17.1. The minimum absolute atomic E-state index is 0.0293. The van der Waals surface area contributed by atoms with Gasteiger partial charge in [0.1, 0.15) is 5.60 Å². The predicted octanol–water partition coefficient (Wildman–Crippen LogP) is 3.86. The van der Waals surface area contributed by atoms with E-state index in [1.807, 2.05) is 54.6 Å². The first kappa shape index (κ1) is 18.4. The molecule has 0 spiro atoms. The molecule has 4 rings (SSSR count). The highest BCUT2D eigenvalue weighted by Gasteiger charge is 2.39. The zero-order valence-electron chi connectivity index (χ0n) is 15.7. The van der Waals surface area contributed by atoms with Crippen LogP contribution in [0.4, 0.5) is 0 Å². The quantitative estimate of drug-likeness (QED) is 0.406. The van der Waals surface area contributed by atoms with Crippen LogP contribution in [0.25, 0.3) is 0 Å². The molecule has 0 unspecified atom stereocenters. The smallest absolute Gasteiger partial charge is 0.236 e. The number of amides is 1. The summed E-state index contributed by atoms with van der Waals surface area (Å²) in [5.41, 5.74) is 2.34. The van der Waals surface area contributed by atoms with Gasteiger partial charge in [-0.1, -0.05) is 91.0 Å². The maximum Gasteiger partial charge on any atom is 0.236 e. The molecule has 1 aliphatic rings. The van der Waals surface area contributed by atoms with Gasteiger partial charge in [0.15, 0.2) is 0 Å². The van der Waals surface area contributed by atoms with Crippen LogP contribution >= 0.6 is 0 Å². The van der Waals surface area contributed by atoms with Gasteiger partial charge in [-0.15, -0.1) is 0 Å². The van der Waals surface area contributed by atoms with E-state index in [9.17, 15) is 4.79 Å². The van der Waals surface area contributed by atoms with Crippen molar-refractivity contribution in [1.82, 2.24) is 5.01 Å². The molecule has 2 N–H and O–H groups in total. The summed E-state index contributed by atoms with van der Waals surface area (Å²) in [6.45, 7) is 0.362. The van der Waals surface area contributed by atoms with Crippen molar-refractivity contribution in [2.45, 2.75) is 24.5 Å². The van der Waals surface area contributed by atoms with Crippen LogP contribution in [0.5, 0.6) is 0 Å². The van der Waals surface area contributed by atoms with E-state index in [0.717, 1.165) is 16.7 Å². The average molecular weight is 372 g/mol. The monoisotopic (exact) mass is 372 g/mol. The van der Waals surface area contributed by atoms with E-state index in [0.29, 0.717) is 19.4 Å². The van der Waals surface area contributed by atoms with Crippen molar-refractivity contribution in [2.24, 2.45) is 5.84 Å². The topological polar surface area (TPSA) is 55.6 Å². The molecule has 4 heteroatoms. The summed E-state index contributed by atoms with van der Waals surface area (Å²) < 4.78 is 6.72. The maximum atomic E-state index is 11.9. The fourth-order valence-corrected chi connectivity index (χ4v) is 3.92. The lowest BCUT2D eigenvalue weighted by atomic mass is 9.80. The van der Waals surface area contributed by atoms with Crippen LogP contribution in [-0.2, 0) is 15.1 Å². The molecule has 1 heterocycles. The van der Waals surface area contributed by atoms with Gasteiger partial charge in [-0.05, 0) is 23.1 Å². The van der Waals surface area contributed by atoms with Crippen molar-refractivity contribution in [2.75, 3.05) is 6.61 Å². The van der Waals surface area contributed by atoms with E-state index in [2.05, 4.69) is 36.4 Å². The van der Waals surface area contributed by atoms with Gasteiger partial charge < -0.3 is 4.74 Å². The summed E-state index contributed by atoms with van der Waals surface area (Å²) in [6.07, 6.45) is 1.18. The van der Waals surface area contributed by atoms with Crippen LogP contribution in [-0.4, -0.2) is 23.6 Å². The third-order valence-electron chi connectivity index (χ3n) is 5.41. The van der Waals surface area contributed by atoms with Gasteiger partial charge in [0.25, 0.3) is 0 Å².